The number of nitro groups is 1. The molecule has 0 spiro atoms. The van der Waals surface area contributed by atoms with Gasteiger partial charge in [-0.1, -0.05) is 12.1 Å². The number of halogens is 1. The van der Waals surface area contributed by atoms with Crippen LogP contribution in [0.2, 0.25) is 0 Å². The van der Waals surface area contributed by atoms with E-state index in [1.807, 2.05) is 0 Å². The van der Waals surface area contributed by atoms with Crippen LogP contribution in [0.3, 0.4) is 0 Å². The van der Waals surface area contributed by atoms with Crippen molar-refractivity contribution in [3.05, 3.63) is 45.9 Å². The van der Waals surface area contributed by atoms with Crippen LogP contribution in [0.4, 0.5) is 21.8 Å². The molecule has 0 radical (unpaired) electrons. The topological polar surface area (TPSA) is 151 Å². The molecular weight excluding hydrogens is 431 g/mol. The minimum atomic E-state index is -4.68. The Hall–Kier alpha value is -3.37. The molecular formula is C18H19FN6O5S. The molecule has 1 aromatic heterocycles. The van der Waals surface area contributed by atoms with Crippen LogP contribution in [0.1, 0.15) is 17.9 Å². The van der Waals surface area contributed by atoms with Gasteiger partial charge in [0, 0.05) is 20.1 Å². The van der Waals surface area contributed by atoms with Crippen molar-refractivity contribution in [3.63, 3.8) is 0 Å². The molecule has 2 atom stereocenters. The molecule has 1 aromatic carbocycles. The lowest BCUT2D eigenvalue weighted by molar-refractivity contribution is -0.385. The van der Waals surface area contributed by atoms with Gasteiger partial charge in [0.2, 0.25) is 26.9 Å². The molecule has 1 aliphatic heterocycles. The van der Waals surface area contributed by atoms with Crippen LogP contribution in [0.25, 0.3) is 0 Å². The van der Waals surface area contributed by atoms with E-state index < -0.39 is 42.1 Å². The van der Waals surface area contributed by atoms with Crippen molar-refractivity contribution in [3.8, 4) is 6.07 Å². The predicted molar refractivity (Wildman–Crippen MR) is 108 cm³/mol. The third-order valence-corrected chi connectivity index (χ3v) is 6.55. The summed E-state index contributed by atoms with van der Waals surface area (Å²) < 4.78 is 45.9. The van der Waals surface area contributed by atoms with E-state index in [0.717, 1.165) is 12.1 Å². The van der Waals surface area contributed by atoms with Gasteiger partial charge in [-0.2, -0.15) is 10.2 Å². The summed E-state index contributed by atoms with van der Waals surface area (Å²) in [5.41, 5.74) is -1.36. The third kappa shape index (κ3) is 4.25. The van der Waals surface area contributed by atoms with Crippen molar-refractivity contribution in [2.75, 3.05) is 37.0 Å². The highest BCUT2D eigenvalue weighted by Crippen LogP contribution is 2.39. The fraction of sp³-hybridized carbons (Fsp3) is 0.389. The van der Waals surface area contributed by atoms with E-state index in [1.54, 1.807) is 17.9 Å². The number of anilines is 2. The number of hydrogen-bond donors (Lipinski definition) is 1. The lowest BCUT2D eigenvalue weighted by Gasteiger charge is -2.32. The van der Waals surface area contributed by atoms with Gasteiger partial charge in [-0.05, 0) is 19.1 Å². The third-order valence-electron chi connectivity index (χ3n) is 4.66. The van der Waals surface area contributed by atoms with E-state index in [0.29, 0.717) is 0 Å². The molecule has 1 aliphatic rings. The van der Waals surface area contributed by atoms with Crippen molar-refractivity contribution in [1.82, 2.24) is 9.97 Å². The summed E-state index contributed by atoms with van der Waals surface area (Å²) in [5.74, 6) is -1.33. The Morgan fingerprint density at radius 1 is 1.42 bits per heavy atom. The van der Waals surface area contributed by atoms with Crippen LogP contribution in [0, 0.1) is 27.3 Å². The molecule has 11 nitrogen and oxygen atoms in total. The van der Waals surface area contributed by atoms with Gasteiger partial charge in [0.1, 0.15) is 10.7 Å². The van der Waals surface area contributed by atoms with Gasteiger partial charge in [-0.15, -0.1) is 0 Å². The molecule has 1 saturated heterocycles. The molecule has 31 heavy (non-hydrogen) atoms. The average molecular weight is 450 g/mol. The summed E-state index contributed by atoms with van der Waals surface area (Å²) in [7, 11) is -3.23. The zero-order chi connectivity index (χ0) is 22.8. The highest BCUT2D eigenvalue weighted by Gasteiger charge is 2.41. The minimum absolute atomic E-state index is 0.112. The summed E-state index contributed by atoms with van der Waals surface area (Å²) >= 11 is 0. The molecule has 164 valence electrons. The monoisotopic (exact) mass is 450 g/mol. The van der Waals surface area contributed by atoms with E-state index in [-0.39, 0.29) is 37.6 Å². The van der Waals surface area contributed by atoms with Crippen molar-refractivity contribution >= 4 is 27.3 Å². The Labute approximate surface area is 177 Å². The number of ether oxygens (including phenoxy) is 1. The number of aromatic nitrogens is 2. The van der Waals surface area contributed by atoms with Gasteiger partial charge in [0.05, 0.1) is 23.7 Å². The first kappa shape index (κ1) is 22.3. The molecule has 0 aliphatic carbocycles. The highest BCUT2D eigenvalue weighted by molar-refractivity contribution is 7.92. The molecule has 13 heteroatoms. The fourth-order valence-electron chi connectivity index (χ4n) is 3.24. The summed E-state index contributed by atoms with van der Waals surface area (Å²) in [6, 6.07) is 6.05. The number of nitrogens with one attached hydrogen (secondary N) is 1. The van der Waals surface area contributed by atoms with Crippen molar-refractivity contribution in [2.24, 2.45) is 0 Å². The van der Waals surface area contributed by atoms with Crippen LogP contribution in [-0.4, -0.2) is 56.2 Å². The van der Waals surface area contributed by atoms with Gasteiger partial charge in [-0.3, -0.25) is 10.1 Å². The molecule has 0 amide bonds. The van der Waals surface area contributed by atoms with Crippen molar-refractivity contribution in [2.45, 2.75) is 23.2 Å². The van der Waals surface area contributed by atoms with E-state index in [4.69, 9.17) is 4.74 Å². The first-order chi connectivity index (χ1) is 14.7. The highest BCUT2D eigenvalue weighted by atomic mass is 32.2. The lowest BCUT2D eigenvalue weighted by Crippen LogP contribution is -2.42. The van der Waals surface area contributed by atoms with E-state index in [9.17, 15) is 28.2 Å². The first-order valence-electron chi connectivity index (χ1n) is 9.19. The van der Waals surface area contributed by atoms with Crippen LogP contribution in [0.15, 0.2) is 29.2 Å². The minimum Gasteiger partial charge on any atom is -0.375 e. The smallest absolute Gasteiger partial charge is 0.335 e. The van der Waals surface area contributed by atoms with Crippen molar-refractivity contribution < 1.29 is 22.5 Å². The maximum Gasteiger partial charge on any atom is 0.335 e. The molecule has 3 rings (SSSR count). The Morgan fingerprint density at radius 2 is 2.13 bits per heavy atom. The standard InChI is InChI=1S/C18H19FN6O5S/c1-11-10-24(7-8-30-11)17-16(25(26)27)15(22-18(21-2)23-17)14(9-20)31(28,29)13-6-4-3-5-12(13)19/h3-6,11,14H,7-8,10H2,1-2H3,(H,21,22,23). The number of benzene rings is 1. The Kier molecular flexibility index (Phi) is 6.32. The maximum atomic E-state index is 14.2. The summed E-state index contributed by atoms with van der Waals surface area (Å²) in [5, 5.41) is 22.2. The molecule has 2 unspecified atom stereocenters. The molecule has 0 saturated carbocycles. The summed E-state index contributed by atoms with van der Waals surface area (Å²) in [6.07, 6.45) is -0.251. The number of sulfone groups is 1. The van der Waals surface area contributed by atoms with E-state index in [2.05, 4.69) is 15.3 Å². The normalized spacial score (nSPS) is 17.6. The quantitative estimate of drug-likeness (QED) is 0.509. The lowest BCUT2D eigenvalue weighted by atomic mass is 10.2. The first-order valence-corrected chi connectivity index (χ1v) is 10.7. The Balaban J connectivity index is 2.26. The van der Waals surface area contributed by atoms with Crippen molar-refractivity contribution in [1.29, 1.82) is 5.26 Å². The fourth-order valence-corrected chi connectivity index (χ4v) is 4.70. The van der Waals surface area contributed by atoms with Gasteiger partial charge in [0.15, 0.2) is 5.69 Å². The zero-order valence-electron chi connectivity index (χ0n) is 16.6. The van der Waals surface area contributed by atoms with E-state index >= 15 is 0 Å². The number of nitriles is 1. The Morgan fingerprint density at radius 3 is 2.71 bits per heavy atom. The molecule has 1 fully saturated rings. The largest absolute Gasteiger partial charge is 0.375 e. The maximum absolute atomic E-state index is 14.2. The number of morpholine rings is 1. The van der Waals surface area contributed by atoms with Gasteiger partial charge < -0.3 is 15.0 Å². The van der Waals surface area contributed by atoms with Gasteiger partial charge in [-0.25, -0.2) is 17.8 Å². The number of nitrogens with zero attached hydrogens (tertiary/aromatic N) is 5. The predicted octanol–water partition coefficient (Wildman–Crippen LogP) is 1.83. The zero-order valence-corrected chi connectivity index (χ0v) is 17.5. The molecule has 2 aromatic rings. The second-order valence-electron chi connectivity index (χ2n) is 6.72. The summed E-state index contributed by atoms with van der Waals surface area (Å²) in [6.45, 7) is 2.58. The second kappa shape index (κ2) is 8.78. The average Bonchev–Trinajstić information content (AvgIpc) is 2.73. The number of rotatable bonds is 6. The van der Waals surface area contributed by atoms with Gasteiger partial charge in [0.25, 0.3) is 0 Å². The number of hydrogen-bond acceptors (Lipinski definition) is 10. The van der Waals surface area contributed by atoms with Crippen LogP contribution < -0.4 is 10.2 Å². The van der Waals surface area contributed by atoms with Gasteiger partial charge >= 0.3 is 5.69 Å². The van der Waals surface area contributed by atoms with Crippen LogP contribution in [-0.2, 0) is 14.6 Å². The SMILES string of the molecule is CNc1nc(C(C#N)S(=O)(=O)c2ccccc2F)c([N+](=O)[O-])c(N2CCOC(C)C2)n1. The molecule has 0 bridgehead atoms. The summed E-state index contributed by atoms with van der Waals surface area (Å²) in [4.78, 5) is 20.1. The van der Waals surface area contributed by atoms with Crippen LogP contribution in [0.5, 0.6) is 0 Å². The van der Waals surface area contributed by atoms with E-state index in [1.165, 1.54) is 19.2 Å². The second-order valence-corrected chi connectivity index (χ2v) is 8.73. The molecule has 2 heterocycles. The van der Waals surface area contributed by atoms with Crippen LogP contribution >= 0.6 is 0 Å². The Bertz CT molecular complexity index is 1150. The molecule has 1 N–H and O–H groups in total.